The van der Waals surface area contributed by atoms with Gasteiger partial charge in [0.1, 0.15) is 18.1 Å². The van der Waals surface area contributed by atoms with Gasteiger partial charge in [-0.05, 0) is 79.5 Å². The summed E-state index contributed by atoms with van der Waals surface area (Å²) >= 11 is 0. The standard InChI is InChI=1S/C36H44N4O5/c1-37-15-16-40(35(41)27-45-33-10-7-28(8-11-33)26-38-13-2-3-14-38)19-22-44-34-12-9-32(39-17-20-43-21-18-39)25-31(34)24-29-5-4-6-30(23-29)36(37)42/h4-12,23,25H,2-3,13-22,24,26-27H2,1H3. The summed E-state index contributed by atoms with van der Waals surface area (Å²) in [6, 6.07) is 22.1. The molecule has 3 heterocycles. The predicted octanol–water partition coefficient (Wildman–Crippen LogP) is 4.08. The average Bonchev–Trinajstić information content (AvgIpc) is 3.59. The summed E-state index contributed by atoms with van der Waals surface area (Å²) in [5.74, 6) is 1.25. The number of ether oxygens (including phenoxy) is 3. The Morgan fingerprint density at radius 3 is 2.44 bits per heavy atom. The Morgan fingerprint density at radius 2 is 1.64 bits per heavy atom. The summed E-state index contributed by atoms with van der Waals surface area (Å²) in [6.07, 6.45) is 3.17. The van der Waals surface area contributed by atoms with E-state index in [1.54, 1.807) is 16.8 Å². The zero-order valence-corrected chi connectivity index (χ0v) is 26.3. The molecule has 0 radical (unpaired) electrons. The molecule has 2 fully saturated rings. The van der Waals surface area contributed by atoms with Gasteiger partial charge in [-0.3, -0.25) is 14.5 Å². The first-order valence-corrected chi connectivity index (χ1v) is 16.2. The van der Waals surface area contributed by atoms with Crippen molar-refractivity contribution in [3.8, 4) is 11.5 Å². The lowest BCUT2D eigenvalue weighted by Gasteiger charge is -2.30. The normalized spacial score (nSPS) is 18.2. The second-order valence-corrected chi connectivity index (χ2v) is 12.1. The molecular weight excluding hydrogens is 568 g/mol. The smallest absolute Gasteiger partial charge is 0.260 e. The lowest BCUT2D eigenvalue weighted by molar-refractivity contribution is -0.133. The summed E-state index contributed by atoms with van der Waals surface area (Å²) in [5.41, 5.74) is 5.11. The minimum Gasteiger partial charge on any atom is -0.491 e. The van der Waals surface area contributed by atoms with Crippen molar-refractivity contribution >= 4 is 17.5 Å². The van der Waals surface area contributed by atoms with Gasteiger partial charge in [-0.1, -0.05) is 24.3 Å². The third-order valence-corrected chi connectivity index (χ3v) is 8.90. The largest absolute Gasteiger partial charge is 0.491 e. The maximum atomic E-state index is 13.4. The monoisotopic (exact) mass is 612 g/mol. The topological polar surface area (TPSA) is 74.8 Å². The highest BCUT2D eigenvalue weighted by atomic mass is 16.5. The van der Waals surface area contributed by atoms with Crippen LogP contribution in [0.1, 0.15) is 39.9 Å². The molecule has 3 aromatic rings. The summed E-state index contributed by atoms with van der Waals surface area (Å²) < 4.78 is 17.8. The SMILES string of the molecule is CN1CCN(C(=O)COc2ccc(CN3CCCC3)cc2)CCOc2ccc(N3CCOCC3)cc2Cc2cccc(c2)C1=O. The Hall–Kier alpha value is -4.08. The number of carbonyl (C=O) groups is 2. The number of likely N-dealkylation sites (N-methyl/N-ethyl adjacent to an activating group) is 1. The van der Waals surface area contributed by atoms with Crippen LogP contribution in [0.4, 0.5) is 5.69 Å². The molecule has 2 bridgehead atoms. The fourth-order valence-corrected chi connectivity index (χ4v) is 6.24. The number of carbonyl (C=O) groups excluding carboxylic acids is 2. The van der Waals surface area contributed by atoms with E-state index in [4.69, 9.17) is 14.2 Å². The first kappa shape index (κ1) is 30.9. The van der Waals surface area contributed by atoms with E-state index in [1.165, 1.54) is 18.4 Å². The fraction of sp³-hybridized carbons (Fsp3) is 0.444. The summed E-state index contributed by atoms with van der Waals surface area (Å²) in [5, 5.41) is 0. The van der Waals surface area contributed by atoms with E-state index in [1.807, 2.05) is 36.4 Å². The number of benzene rings is 3. The molecule has 238 valence electrons. The molecule has 2 amide bonds. The summed E-state index contributed by atoms with van der Waals surface area (Å²) in [4.78, 5) is 35.0. The minimum absolute atomic E-state index is 0.0647. The van der Waals surface area contributed by atoms with Crippen LogP contribution in [0.25, 0.3) is 0 Å². The number of nitrogens with zero attached hydrogens (tertiary/aromatic N) is 4. The van der Waals surface area contributed by atoms with Gasteiger partial charge in [-0.25, -0.2) is 0 Å². The van der Waals surface area contributed by atoms with Crippen molar-refractivity contribution < 1.29 is 23.8 Å². The van der Waals surface area contributed by atoms with E-state index in [0.29, 0.717) is 57.2 Å². The Kier molecular flexibility index (Phi) is 10.2. The molecule has 0 saturated carbocycles. The van der Waals surface area contributed by atoms with E-state index < -0.39 is 0 Å². The molecule has 3 aromatic carbocycles. The molecule has 3 aliphatic rings. The number of rotatable bonds is 6. The number of likely N-dealkylation sites (tertiary alicyclic amines) is 1. The van der Waals surface area contributed by atoms with Crippen LogP contribution in [0.2, 0.25) is 0 Å². The van der Waals surface area contributed by atoms with Crippen molar-refractivity contribution in [3.63, 3.8) is 0 Å². The van der Waals surface area contributed by atoms with E-state index in [-0.39, 0.29) is 18.4 Å². The van der Waals surface area contributed by atoms with Crippen LogP contribution in [-0.4, -0.2) is 106 Å². The van der Waals surface area contributed by atoms with Crippen LogP contribution < -0.4 is 14.4 Å². The molecule has 0 spiro atoms. The number of hydrogen-bond donors (Lipinski definition) is 0. The Balaban J connectivity index is 1.15. The molecule has 9 nitrogen and oxygen atoms in total. The predicted molar refractivity (Wildman–Crippen MR) is 174 cm³/mol. The molecule has 0 aliphatic carbocycles. The highest BCUT2D eigenvalue weighted by Gasteiger charge is 2.21. The van der Waals surface area contributed by atoms with E-state index >= 15 is 0 Å². The van der Waals surface area contributed by atoms with Gasteiger partial charge in [-0.2, -0.15) is 0 Å². The number of anilines is 1. The van der Waals surface area contributed by atoms with Crippen LogP contribution >= 0.6 is 0 Å². The first-order valence-electron chi connectivity index (χ1n) is 16.2. The average molecular weight is 613 g/mol. The second kappa shape index (κ2) is 14.8. The molecular formula is C36H44N4O5. The fourth-order valence-electron chi connectivity index (χ4n) is 6.24. The van der Waals surface area contributed by atoms with Gasteiger partial charge >= 0.3 is 0 Å². The van der Waals surface area contributed by atoms with Crippen molar-refractivity contribution in [1.29, 1.82) is 0 Å². The van der Waals surface area contributed by atoms with Gasteiger partial charge in [0.15, 0.2) is 6.61 Å². The number of fused-ring (bicyclic) bond motifs is 3. The highest BCUT2D eigenvalue weighted by molar-refractivity contribution is 5.94. The Labute approximate surface area is 266 Å². The molecule has 0 atom stereocenters. The first-order chi connectivity index (χ1) is 22.0. The highest BCUT2D eigenvalue weighted by Crippen LogP contribution is 2.29. The molecule has 6 rings (SSSR count). The zero-order chi connectivity index (χ0) is 31.0. The third-order valence-electron chi connectivity index (χ3n) is 8.90. The molecule has 45 heavy (non-hydrogen) atoms. The van der Waals surface area contributed by atoms with Crippen LogP contribution in [-0.2, 0) is 22.5 Å². The van der Waals surface area contributed by atoms with Crippen LogP contribution in [0.3, 0.4) is 0 Å². The molecule has 9 heteroatoms. The number of amides is 2. The van der Waals surface area contributed by atoms with Gasteiger partial charge in [0.25, 0.3) is 11.8 Å². The van der Waals surface area contributed by atoms with Gasteiger partial charge in [0.05, 0.1) is 19.8 Å². The second-order valence-electron chi connectivity index (χ2n) is 12.1. The van der Waals surface area contributed by atoms with Crippen molar-refractivity contribution in [2.24, 2.45) is 0 Å². The Bertz CT molecular complexity index is 1450. The van der Waals surface area contributed by atoms with Gasteiger partial charge in [0.2, 0.25) is 0 Å². The van der Waals surface area contributed by atoms with Crippen molar-refractivity contribution in [2.75, 3.05) is 84.2 Å². The molecule has 0 aromatic heterocycles. The van der Waals surface area contributed by atoms with E-state index in [2.05, 4.69) is 40.1 Å². The van der Waals surface area contributed by atoms with Gasteiger partial charge in [-0.15, -0.1) is 0 Å². The van der Waals surface area contributed by atoms with Gasteiger partial charge < -0.3 is 28.9 Å². The van der Waals surface area contributed by atoms with Crippen molar-refractivity contribution in [1.82, 2.24) is 14.7 Å². The molecule has 2 saturated heterocycles. The van der Waals surface area contributed by atoms with E-state index in [9.17, 15) is 9.59 Å². The lowest BCUT2D eigenvalue weighted by Crippen LogP contribution is -2.43. The summed E-state index contributed by atoms with van der Waals surface area (Å²) in [7, 11) is 1.78. The van der Waals surface area contributed by atoms with Gasteiger partial charge in [0, 0.05) is 63.0 Å². The third kappa shape index (κ3) is 8.15. The maximum absolute atomic E-state index is 13.4. The minimum atomic E-state index is -0.141. The number of morpholine rings is 1. The van der Waals surface area contributed by atoms with Crippen LogP contribution in [0, 0.1) is 0 Å². The lowest BCUT2D eigenvalue weighted by atomic mass is 10.0. The molecule has 0 N–H and O–H groups in total. The summed E-state index contributed by atoms with van der Waals surface area (Å²) in [6.45, 7) is 7.78. The van der Waals surface area contributed by atoms with Crippen molar-refractivity contribution in [2.45, 2.75) is 25.8 Å². The van der Waals surface area contributed by atoms with Crippen LogP contribution in [0.5, 0.6) is 11.5 Å². The maximum Gasteiger partial charge on any atom is 0.260 e. The van der Waals surface area contributed by atoms with Crippen LogP contribution in [0.15, 0.2) is 66.7 Å². The Morgan fingerprint density at radius 1 is 0.844 bits per heavy atom. The quantitative estimate of drug-likeness (QED) is 0.416. The van der Waals surface area contributed by atoms with E-state index in [0.717, 1.165) is 55.3 Å². The molecule has 3 aliphatic heterocycles. The zero-order valence-electron chi connectivity index (χ0n) is 26.3. The number of hydrogen-bond acceptors (Lipinski definition) is 7. The molecule has 0 unspecified atom stereocenters. The van der Waals surface area contributed by atoms with Crippen molar-refractivity contribution in [3.05, 3.63) is 89.0 Å².